The van der Waals surface area contributed by atoms with Crippen LogP contribution < -0.4 is 0 Å². The predicted molar refractivity (Wildman–Crippen MR) is 62.9 cm³/mol. The van der Waals surface area contributed by atoms with E-state index >= 15 is 0 Å². The van der Waals surface area contributed by atoms with Gasteiger partial charge < -0.3 is 0 Å². The van der Waals surface area contributed by atoms with Crippen LogP contribution in [0.3, 0.4) is 0 Å². The van der Waals surface area contributed by atoms with E-state index in [0.29, 0.717) is 5.92 Å². The van der Waals surface area contributed by atoms with E-state index in [-0.39, 0.29) is 0 Å². The summed E-state index contributed by atoms with van der Waals surface area (Å²) in [4.78, 5) is 0. The fourth-order valence-corrected chi connectivity index (χ4v) is 0.843. The van der Waals surface area contributed by atoms with E-state index in [1.54, 1.807) is 0 Å². The molecule has 0 aromatic heterocycles. The maximum atomic E-state index is 3.13. The van der Waals surface area contributed by atoms with Gasteiger partial charge in [-0.15, -0.1) is 5.73 Å². The van der Waals surface area contributed by atoms with Crippen LogP contribution in [0, 0.1) is 5.92 Å². The Bertz CT molecular complexity index is 178. The third-order valence-corrected chi connectivity index (χ3v) is 1.50. The summed E-state index contributed by atoms with van der Waals surface area (Å²) in [6.45, 7) is 12.3. The van der Waals surface area contributed by atoms with Gasteiger partial charge in [0.1, 0.15) is 0 Å². The number of allylic oxidation sites excluding steroid dienone is 3. The van der Waals surface area contributed by atoms with Crippen molar-refractivity contribution in [3.8, 4) is 0 Å². The van der Waals surface area contributed by atoms with Crippen LogP contribution in [0.5, 0.6) is 0 Å². The lowest BCUT2D eigenvalue weighted by Crippen LogP contribution is -1.83. The van der Waals surface area contributed by atoms with Gasteiger partial charge in [-0.2, -0.15) is 0 Å². The molecule has 0 spiro atoms. The molecule has 0 nitrogen and oxygen atoms in total. The first-order chi connectivity index (χ1) is 6.29. The Labute approximate surface area is 84.1 Å². The van der Waals surface area contributed by atoms with Gasteiger partial charge in [0.25, 0.3) is 0 Å². The number of hydrogen-bond acceptors (Lipinski definition) is 0. The zero-order valence-corrected chi connectivity index (χ0v) is 10.0. The highest BCUT2D eigenvalue weighted by molar-refractivity contribution is 5.18. The Hall–Kier alpha value is -0.740. The predicted octanol–water partition coefficient (Wildman–Crippen LogP) is 4.74. The topological polar surface area (TPSA) is 0 Å². The molecule has 0 N–H and O–H groups in total. The molecule has 0 radical (unpaired) electrons. The van der Waals surface area contributed by atoms with Crippen molar-refractivity contribution in [3.05, 3.63) is 29.5 Å². The monoisotopic (exact) mass is 180 g/mol. The van der Waals surface area contributed by atoms with E-state index in [9.17, 15) is 0 Å². The Morgan fingerprint density at radius 2 is 1.77 bits per heavy atom. The molecular weight excluding hydrogens is 156 g/mol. The summed E-state index contributed by atoms with van der Waals surface area (Å²) in [6.07, 6.45) is 7.56. The quantitative estimate of drug-likeness (QED) is 0.472. The maximum Gasteiger partial charge on any atom is -0.0151 e. The minimum atomic E-state index is 0.665. The van der Waals surface area contributed by atoms with Crippen molar-refractivity contribution >= 4 is 0 Å². The van der Waals surface area contributed by atoms with E-state index in [2.05, 4.69) is 31.7 Å². The van der Waals surface area contributed by atoms with E-state index in [1.165, 1.54) is 5.57 Å². The molecule has 1 aliphatic carbocycles. The fourth-order valence-electron chi connectivity index (χ4n) is 0.843. The first-order valence-electron chi connectivity index (χ1n) is 5.38. The lowest BCUT2D eigenvalue weighted by Gasteiger charge is -1.95. The van der Waals surface area contributed by atoms with Crippen LogP contribution in [0.25, 0.3) is 0 Å². The van der Waals surface area contributed by atoms with Crippen molar-refractivity contribution in [1.82, 2.24) is 0 Å². The van der Waals surface area contributed by atoms with Gasteiger partial charge in [-0.25, -0.2) is 0 Å². The SMILES string of the molecule is CC.CC.CC1=CCC(C)C=C=C1. The standard InChI is InChI=1S/C9H12.2C2H6/c1-8-4-3-5-9(2)7-6-8;2*1-2/h4-6,9H,7H2,1-2H3;2*1-2H3. The minimum absolute atomic E-state index is 0.665. The van der Waals surface area contributed by atoms with Crippen molar-refractivity contribution in [2.75, 3.05) is 0 Å². The third-order valence-electron chi connectivity index (χ3n) is 1.50. The molecule has 0 saturated heterocycles. The van der Waals surface area contributed by atoms with Crippen LogP contribution in [-0.4, -0.2) is 0 Å². The van der Waals surface area contributed by atoms with Crippen molar-refractivity contribution in [2.45, 2.75) is 48.0 Å². The first kappa shape index (κ1) is 14.8. The zero-order chi connectivity index (χ0) is 10.7. The second kappa shape index (κ2) is 11.3. The number of rotatable bonds is 0. The minimum Gasteiger partial charge on any atom is -0.125 e. The molecule has 0 heteroatoms. The highest BCUT2D eigenvalue weighted by atomic mass is 14.0. The Kier molecular flexibility index (Phi) is 12.8. The van der Waals surface area contributed by atoms with Crippen molar-refractivity contribution in [1.29, 1.82) is 0 Å². The van der Waals surface area contributed by atoms with Gasteiger partial charge in [0.2, 0.25) is 0 Å². The molecule has 1 atom stereocenters. The molecule has 0 heterocycles. The summed E-state index contributed by atoms with van der Waals surface area (Å²) in [5, 5.41) is 0. The largest absolute Gasteiger partial charge is 0.125 e. The van der Waals surface area contributed by atoms with Gasteiger partial charge >= 0.3 is 0 Å². The van der Waals surface area contributed by atoms with E-state index in [0.717, 1.165) is 6.42 Å². The molecule has 0 saturated carbocycles. The summed E-state index contributed by atoms with van der Waals surface area (Å²) < 4.78 is 0. The van der Waals surface area contributed by atoms with Crippen molar-refractivity contribution in [2.24, 2.45) is 5.92 Å². The molecule has 1 aliphatic rings. The normalized spacial score (nSPS) is 18.6. The van der Waals surface area contributed by atoms with Gasteiger partial charge in [-0.05, 0) is 37.0 Å². The number of hydrogen-bond donors (Lipinski definition) is 0. The second-order valence-corrected chi connectivity index (χ2v) is 2.64. The van der Waals surface area contributed by atoms with Gasteiger partial charge in [0.05, 0.1) is 0 Å². The highest BCUT2D eigenvalue weighted by Gasteiger charge is 1.94. The summed E-state index contributed by atoms with van der Waals surface area (Å²) in [5.74, 6) is 0.665. The summed E-state index contributed by atoms with van der Waals surface area (Å²) in [6, 6.07) is 0. The third kappa shape index (κ3) is 9.17. The van der Waals surface area contributed by atoms with Gasteiger partial charge in [0, 0.05) is 0 Å². The lowest BCUT2D eigenvalue weighted by molar-refractivity contribution is 0.746. The molecule has 0 aromatic carbocycles. The van der Waals surface area contributed by atoms with Crippen LogP contribution >= 0.6 is 0 Å². The zero-order valence-electron chi connectivity index (χ0n) is 10.0. The Morgan fingerprint density at radius 3 is 2.31 bits per heavy atom. The van der Waals surface area contributed by atoms with Crippen LogP contribution in [0.4, 0.5) is 0 Å². The molecule has 0 bridgehead atoms. The maximum absolute atomic E-state index is 3.13. The molecule has 0 aromatic rings. The average Bonchev–Trinajstić information content (AvgIpc) is 2.38. The molecular formula is C13H24. The van der Waals surface area contributed by atoms with Gasteiger partial charge in [-0.3, -0.25) is 0 Å². The van der Waals surface area contributed by atoms with E-state index in [4.69, 9.17) is 0 Å². The highest BCUT2D eigenvalue weighted by Crippen LogP contribution is 2.10. The molecule has 0 amide bonds. The summed E-state index contributed by atoms with van der Waals surface area (Å²) >= 11 is 0. The molecule has 0 aliphatic heterocycles. The Morgan fingerprint density at radius 1 is 1.23 bits per heavy atom. The fraction of sp³-hybridized carbons (Fsp3) is 0.615. The van der Waals surface area contributed by atoms with Crippen molar-refractivity contribution in [3.63, 3.8) is 0 Å². The Balaban J connectivity index is 0. The summed E-state index contributed by atoms with van der Waals surface area (Å²) in [5.41, 5.74) is 4.46. The van der Waals surface area contributed by atoms with E-state index < -0.39 is 0 Å². The van der Waals surface area contributed by atoms with Crippen LogP contribution in [0.15, 0.2) is 29.5 Å². The van der Waals surface area contributed by atoms with Gasteiger partial charge in [-0.1, -0.05) is 40.7 Å². The van der Waals surface area contributed by atoms with Gasteiger partial charge in [0.15, 0.2) is 0 Å². The molecule has 1 rings (SSSR count). The average molecular weight is 180 g/mol. The van der Waals surface area contributed by atoms with Crippen LogP contribution in [-0.2, 0) is 0 Å². The van der Waals surface area contributed by atoms with E-state index in [1.807, 2.05) is 33.8 Å². The second-order valence-electron chi connectivity index (χ2n) is 2.64. The molecule has 13 heavy (non-hydrogen) atoms. The smallest absolute Gasteiger partial charge is 0.0151 e. The van der Waals surface area contributed by atoms with Crippen LogP contribution in [0.1, 0.15) is 48.0 Å². The molecule has 0 fully saturated rings. The summed E-state index contributed by atoms with van der Waals surface area (Å²) in [7, 11) is 0. The lowest BCUT2D eigenvalue weighted by atomic mass is 10.1. The molecule has 76 valence electrons. The molecule has 1 unspecified atom stereocenters. The van der Waals surface area contributed by atoms with Crippen molar-refractivity contribution < 1.29 is 0 Å². The van der Waals surface area contributed by atoms with Crippen LogP contribution in [0.2, 0.25) is 0 Å². The first-order valence-corrected chi connectivity index (χ1v) is 5.38.